The van der Waals surface area contributed by atoms with Crippen molar-refractivity contribution in [2.45, 2.75) is 38.8 Å². The number of carbonyl (C=O) groups is 2. The van der Waals surface area contributed by atoms with E-state index in [0.29, 0.717) is 29.9 Å². The lowest BCUT2D eigenvalue weighted by atomic mass is 10.1. The van der Waals surface area contributed by atoms with Crippen LogP contribution in [0.5, 0.6) is 5.75 Å². The van der Waals surface area contributed by atoms with E-state index in [9.17, 15) is 19.5 Å². The molecule has 2 aromatic rings. The van der Waals surface area contributed by atoms with Gasteiger partial charge in [0.1, 0.15) is 17.4 Å². The zero-order valence-electron chi connectivity index (χ0n) is 15.5. The molecule has 146 valence electrons. The number of rotatable bonds is 9. The average molecular weight is 393 g/mol. The fourth-order valence-corrected chi connectivity index (χ4v) is 3.09. The molecule has 2 atom stereocenters. The molecule has 1 aromatic heterocycles. The minimum atomic E-state index is -1.08. The van der Waals surface area contributed by atoms with E-state index in [2.05, 4.69) is 5.32 Å². The van der Waals surface area contributed by atoms with Crippen molar-refractivity contribution in [3.05, 3.63) is 40.2 Å². The molecule has 1 amide bonds. The van der Waals surface area contributed by atoms with Crippen molar-refractivity contribution in [3.8, 4) is 5.75 Å². The molecule has 0 aliphatic carbocycles. The number of hydrogen-bond donors (Lipinski definition) is 2. The van der Waals surface area contributed by atoms with Crippen LogP contribution in [-0.4, -0.2) is 41.1 Å². The largest absolute Gasteiger partial charge is 0.481 e. The number of carbonyl (C=O) groups excluding carboxylic acids is 1. The van der Waals surface area contributed by atoms with Crippen molar-refractivity contribution in [2.75, 3.05) is 12.0 Å². The van der Waals surface area contributed by atoms with Crippen molar-refractivity contribution in [2.24, 2.45) is 0 Å². The highest BCUT2D eigenvalue weighted by Crippen LogP contribution is 2.23. The van der Waals surface area contributed by atoms with Gasteiger partial charge >= 0.3 is 11.6 Å². The minimum absolute atomic E-state index is 0.329. The first-order valence-electron chi connectivity index (χ1n) is 8.61. The van der Waals surface area contributed by atoms with Crippen LogP contribution in [0.4, 0.5) is 0 Å². The summed E-state index contributed by atoms with van der Waals surface area (Å²) >= 11 is 1.51. The third-order valence-corrected chi connectivity index (χ3v) is 4.73. The number of ether oxygens (including phenoxy) is 1. The van der Waals surface area contributed by atoms with Crippen LogP contribution in [-0.2, 0) is 16.0 Å². The Labute approximate surface area is 161 Å². The molecule has 2 N–H and O–H groups in total. The molecule has 0 bridgehead atoms. The maximum atomic E-state index is 12.3. The molecule has 1 aromatic carbocycles. The highest BCUT2D eigenvalue weighted by Gasteiger charge is 2.23. The third kappa shape index (κ3) is 5.50. The predicted octanol–water partition coefficient (Wildman–Crippen LogP) is 2.45. The quantitative estimate of drug-likeness (QED) is 0.630. The molecular weight excluding hydrogens is 370 g/mol. The first kappa shape index (κ1) is 20.8. The summed E-state index contributed by atoms with van der Waals surface area (Å²) in [5.74, 6) is -0.621. The van der Waals surface area contributed by atoms with Crippen molar-refractivity contribution >= 4 is 34.6 Å². The number of amides is 1. The van der Waals surface area contributed by atoms with E-state index in [4.69, 9.17) is 9.15 Å². The molecule has 1 heterocycles. The Balaban J connectivity index is 2.12. The smallest absolute Gasteiger partial charge is 0.336 e. The van der Waals surface area contributed by atoms with Gasteiger partial charge in [-0.05, 0) is 49.5 Å². The van der Waals surface area contributed by atoms with Gasteiger partial charge in [-0.2, -0.15) is 11.8 Å². The molecular formula is C19H23NO6S. The fraction of sp³-hybridized carbons (Fsp3) is 0.421. The maximum absolute atomic E-state index is 12.3. The van der Waals surface area contributed by atoms with E-state index in [1.165, 1.54) is 24.8 Å². The highest BCUT2D eigenvalue weighted by atomic mass is 32.2. The molecule has 8 heteroatoms. The monoisotopic (exact) mass is 393 g/mol. The van der Waals surface area contributed by atoms with Crippen LogP contribution >= 0.6 is 11.8 Å². The topological polar surface area (TPSA) is 106 Å². The van der Waals surface area contributed by atoms with E-state index in [1.54, 1.807) is 18.2 Å². The fourth-order valence-electron chi connectivity index (χ4n) is 2.62. The molecule has 0 aliphatic rings. The van der Waals surface area contributed by atoms with Crippen LogP contribution in [0.1, 0.15) is 25.8 Å². The first-order chi connectivity index (χ1) is 12.8. The van der Waals surface area contributed by atoms with Gasteiger partial charge in [0.15, 0.2) is 6.10 Å². The SMILES string of the molecule is CCc1cc(=O)oc2cc(O[C@@H](C)C(=O)N[C@@H](CCSC)C(=O)O)ccc12. The lowest BCUT2D eigenvalue weighted by Crippen LogP contribution is -2.46. The van der Waals surface area contributed by atoms with Crippen molar-refractivity contribution < 1.29 is 23.8 Å². The van der Waals surface area contributed by atoms with Gasteiger partial charge in [-0.15, -0.1) is 0 Å². The summed E-state index contributed by atoms with van der Waals surface area (Å²) in [7, 11) is 0. The Kier molecular flexibility index (Phi) is 7.29. The summed E-state index contributed by atoms with van der Waals surface area (Å²) < 4.78 is 10.8. The Morgan fingerprint density at radius 3 is 2.70 bits per heavy atom. The van der Waals surface area contributed by atoms with E-state index in [0.717, 1.165) is 10.9 Å². The number of carboxylic acid groups (broad SMARTS) is 1. The number of thioether (sulfide) groups is 1. The Hall–Kier alpha value is -2.48. The number of fused-ring (bicyclic) bond motifs is 1. The second-order valence-electron chi connectivity index (χ2n) is 6.04. The molecule has 0 saturated carbocycles. The van der Waals surface area contributed by atoms with Crippen LogP contribution in [0.15, 0.2) is 33.5 Å². The Morgan fingerprint density at radius 2 is 2.07 bits per heavy atom. The molecule has 0 fully saturated rings. The molecule has 0 saturated heterocycles. The summed E-state index contributed by atoms with van der Waals surface area (Å²) in [4.78, 5) is 35.2. The van der Waals surface area contributed by atoms with Gasteiger partial charge in [-0.3, -0.25) is 4.79 Å². The second-order valence-corrected chi connectivity index (χ2v) is 7.03. The van der Waals surface area contributed by atoms with Gasteiger partial charge in [-0.1, -0.05) is 6.92 Å². The average Bonchev–Trinajstić information content (AvgIpc) is 2.63. The molecule has 0 spiro atoms. The molecule has 0 unspecified atom stereocenters. The van der Waals surface area contributed by atoms with Gasteiger partial charge < -0.3 is 19.6 Å². The first-order valence-corrected chi connectivity index (χ1v) is 10.0. The minimum Gasteiger partial charge on any atom is -0.481 e. The summed E-state index contributed by atoms with van der Waals surface area (Å²) in [6.45, 7) is 3.48. The number of nitrogens with one attached hydrogen (secondary N) is 1. The molecule has 0 radical (unpaired) electrons. The van der Waals surface area contributed by atoms with Gasteiger partial charge in [0.25, 0.3) is 5.91 Å². The molecule has 7 nitrogen and oxygen atoms in total. The van der Waals surface area contributed by atoms with Gasteiger partial charge in [0.05, 0.1) is 0 Å². The summed E-state index contributed by atoms with van der Waals surface area (Å²) in [5, 5.41) is 12.5. The third-order valence-electron chi connectivity index (χ3n) is 4.09. The lowest BCUT2D eigenvalue weighted by molar-refractivity contribution is -0.142. The normalized spacial score (nSPS) is 13.1. The van der Waals surface area contributed by atoms with E-state index in [-0.39, 0.29) is 0 Å². The molecule has 0 aliphatic heterocycles. The number of hydrogen-bond acceptors (Lipinski definition) is 6. The lowest BCUT2D eigenvalue weighted by Gasteiger charge is -2.19. The zero-order chi connectivity index (χ0) is 20.0. The zero-order valence-corrected chi connectivity index (χ0v) is 16.3. The summed E-state index contributed by atoms with van der Waals surface area (Å²) in [5.41, 5.74) is 0.810. The van der Waals surface area contributed by atoms with Crippen LogP contribution in [0.2, 0.25) is 0 Å². The van der Waals surface area contributed by atoms with Crippen LogP contribution in [0.3, 0.4) is 0 Å². The van der Waals surface area contributed by atoms with E-state index >= 15 is 0 Å². The molecule has 2 rings (SSSR count). The Bertz CT molecular complexity index is 878. The van der Waals surface area contributed by atoms with Crippen LogP contribution in [0, 0.1) is 0 Å². The van der Waals surface area contributed by atoms with Crippen LogP contribution in [0.25, 0.3) is 11.0 Å². The van der Waals surface area contributed by atoms with E-state index < -0.39 is 29.6 Å². The van der Waals surface area contributed by atoms with Gasteiger partial charge in [-0.25, -0.2) is 9.59 Å². The number of aryl methyl sites for hydroxylation is 1. The predicted molar refractivity (Wildman–Crippen MR) is 105 cm³/mol. The van der Waals surface area contributed by atoms with Crippen LogP contribution < -0.4 is 15.7 Å². The number of benzene rings is 1. The number of carboxylic acids is 1. The molecule has 27 heavy (non-hydrogen) atoms. The highest BCUT2D eigenvalue weighted by molar-refractivity contribution is 7.98. The second kappa shape index (κ2) is 9.45. The Morgan fingerprint density at radius 1 is 1.33 bits per heavy atom. The standard InChI is InChI=1S/C19H23NO6S/c1-4-12-9-17(21)26-16-10-13(5-6-14(12)16)25-11(2)18(22)20-15(19(23)24)7-8-27-3/h5-6,9-11,15H,4,7-8H2,1-3H3,(H,20,22)(H,23,24)/t11-,15-/m0/s1. The van der Waals surface area contributed by atoms with Crippen molar-refractivity contribution in [1.82, 2.24) is 5.32 Å². The van der Waals surface area contributed by atoms with Crippen molar-refractivity contribution in [1.29, 1.82) is 0 Å². The van der Waals surface area contributed by atoms with Gasteiger partial charge in [0, 0.05) is 17.5 Å². The maximum Gasteiger partial charge on any atom is 0.336 e. The summed E-state index contributed by atoms with van der Waals surface area (Å²) in [6.07, 6.45) is 1.98. The van der Waals surface area contributed by atoms with Gasteiger partial charge in [0.2, 0.25) is 0 Å². The van der Waals surface area contributed by atoms with E-state index in [1.807, 2.05) is 13.2 Å². The van der Waals surface area contributed by atoms with Crippen molar-refractivity contribution in [3.63, 3.8) is 0 Å². The summed E-state index contributed by atoms with van der Waals surface area (Å²) in [6, 6.07) is 5.52. The number of aliphatic carboxylic acids is 1.